The van der Waals surface area contributed by atoms with Gasteiger partial charge in [-0.15, -0.1) is 0 Å². The van der Waals surface area contributed by atoms with Crippen LogP contribution in [0, 0.1) is 12.3 Å². The number of amides is 1. The smallest absolute Gasteiger partial charge is 0.310 e. The Hall–Kier alpha value is -1.89. The highest BCUT2D eigenvalue weighted by molar-refractivity contribution is 5.91. The number of hydrogen-bond acceptors (Lipinski definition) is 5. The maximum Gasteiger partial charge on any atom is 0.310 e. The lowest BCUT2D eigenvalue weighted by Crippen LogP contribution is -2.35. The molecule has 0 aliphatic carbocycles. The highest BCUT2D eigenvalue weighted by atomic mass is 16.5. The van der Waals surface area contributed by atoms with Crippen LogP contribution in [0.1, 0.15) is 19.0 Å². The molecule has 2 heterocycles. The van der Waals surface area contributed by atoms with Crippen molar-refractivity contribution in [3.63, 3.8) is 0 Å². The topological polar surface area (TPSA) is 95.7 Å². The van der Waals surface area contributed by atoms with Crippen LogP contribution in [0.2, 0.25) is 0 Å². The first-order chi connectivity index (χ1) is 8.89. The van der Waals surface area contributed by atoms with Gasteiger partial charge in [0, 0.05) is 12.6 Å². The third-order valence-corrected chi connectivity index (χ3v) is 3.33. The summed E-state index contributed by atoms with van der Waals surface area (Å²) in [4.78, 5) is 24.7. The van der Waals surface area contributed by atoms with Gasteiger partial charge in [0.1, 0.15) is 0 Å². The molecule has 2 N–H and O–H groups in total. The van der Waals surface area contributed by atoms with Crippen LogP contribution in [0.4, 0.5) is 5.88 Å². The fraction of sp³-hybridized carbons (Fsp3) is 0.583. The SMILES string of the molecule is Cc1cc(NC(=O)CN2CCC(C)(C(=O)O)C2)on1. The highest BCUT2D eigenvalue weighted by Gasteiger charge is 2.40. The van der Waals surface area contributed by atoms with Gasteiger partial charge in [-0.3, -0.25) is 19.8 Å². The van der Waals surface area contributed by atoms with E-state index in [0.29, 0.717) is 31.1 Å². The summed E-state index contributed by atoms with van der Waals surface area (Å²) in [6.45, 7) is 4.60. The zero-order valence-corrected chi connectivity index (χ0v) is 11.0. The molecule has 0 spiro atoms. The van der Waals surface area contributed by atoms with E-state index in [1.807, 2.05) is 4.90 Å². The third kappa shape index (κ3) is 3.11. The van der Waals surface area contributed by atoms with Crippen molar-refractivity contribution in [1.29, 1.82) is 0 Å². The molecule has 1 aliphatic heterocycles. The first-order valence-corrected chi connectivity index (χ1v) is 6.08. The maximum absolute atomic E-state index is 11.8. The molecule has 0 aromatic carbocycles. The minimum atomic E-state index is -0.818. The average molecular weight is 267 g/mol. The van der Waals surface area contributed by atoms with Gasteiger partial charge in [-0.1, -0.05) is 5.16 Å². The van der Waals surface area contributed by atoms with Crippen molar-refractivity contribution in [1.82, 2.24) is 10.1 Å². The predicted octanol–water partition coefficient (Wildman–Crippen LogP) is 0.718. The molecule has 19 heavy (non-hydrogen) atoms. The lowest BCUT2D eigenvalue weighted by atomic mass is 9.90. The molecule has 0 saturated carbocycles. The Bertz CT molecular complexity index is 499. The van der Waals surface area contributed by atoms with E-state index in [1.54, 1.807) is 19.9 Å². The summed E-state index contributed by atoms with van der Waals surface area (Å²) in [7, 11) is 0. The molecule has 0 bridgehead atoms. The number of nitrogens with one attached hydrogen (secondary N) is 1. The van der Waals surface area contributed by atoms with Gasteiger partial charge in [0.25, 0.3) is 0 Å². The third-order valence-electron chi connectivity index (χ3n) is 3.33. The van der Waals surface area contributed by atoms with Crippen molar-refractivity contribution in [2.24, 2.45) is 5.41 Å². The number of carboxylic acid groups (broad SMARTS) is 1. The summed E-state index contributed by atoms with van der Waals surface area (Å²) in [6, 6.07) is 1.63. The summed E-state index contributed by atoms with van der Waals surface area (Å²) in [5.41, 5.74) is -0.0711. The van der Waals surface area contributed by atoms with Crippen LogP contribution in [0.15, 0.2) is 10.6 Å². The van der Waals surface area contributed by atoms with Crippen LogP contribution < -0.4 is 5.32 Å². The Morgan fingerprint density at radius 2 is 2.37 bits per heavy atom. The van der Waals surface area contributed by atoms with Crippen LogP contribution in [-0.2, 0) is 9.59 Å². The normalized spacial score (nSPS) is 23.5. The Kier molecular flexibility index (Phi) is 3.57. The van der Waals surface area contributed by atoms with E-state index in [1.165, 1.54) is 0 Å². The van der Waals surface area contributed by atoms with E-state index in [9.17, 15) is 9.59 Å². The average Bonchev–Trinajstić information content (AvgIpc) is 2.87. The zero-order valence-electron chi connectivity index (χ0n) is 11.0. The summed E-state index contributed by atoms with van der Waals surface area (Å²) < 4.78 is 4.88. The van der Waals surface area contributed by atoms with Gasteiger partial charge in [-0.05, 0) is 26.8 Å². The quantitative estimate of drug-likeness (QED) is 0.834. The zero-order chi connectivity index (χ0) is 14.0. The number of aryl methyl sites for hydroxylation is 1. The molecule has 7 heteroatoms. The second-order valence-corrected chi connectivity index (χ2v) is 5.21. The summed E-state index contributed by atoms with van der Waals surface area (Å²) >= 11 is 0. The maximum atomic E-state index is 11.8. The molecule has 1 aromatic rings. The summed E-state index contributed by atoms with van der Waals surface area (Å²) in [6.07, 6.45) is 0.553. The Morgan fingerprint density at radius 3 is 2.89 bits per heavy atom. The van der Waals surface area contributed by atoms with E-state index in [2.05, 4.69) is 10.5 Å². The van der Waals surface area contributed by atoms with Crippen LogP contribution in [0.25, 0.3) is 0 Å². The van der Waals surface area contributed by atoms with Crippen molar-refractivity contribution in [2.45, 2.75) is 20.3 Å². The Balaban J connectivity index is 1.86. The highest BCUT2D eigenvalue weighted by Crippen LogP contribution is 2.29. The first kappa shape index (κ1) is 13.5. The number of aromatic nitrogens is 1. The number of rotatable bonds is 4. The van der Waals surface area contributed by atoms with Gasteiger partial charge in [0.15, 0.2) is 0 Å². The molecule has 0 radical (unpaired) electrons. The van der Waals surface area contributed by atoms with Gasteiger partial charge in [-0.25, -0.2) is 0 Å². The molecule has 2 rings (SSSR count). The van der Waals surface area contributed by atoms with E-state index in [4.69, 9.17) is 9.63 Å². The van der Waals surface area contributed by atoms with E-state index in [-0.39, 0.29) is 12.5 Å². The fourth-order valence-electron chi connectivity index (χ4n) is 2.17. The predicted molar refractivity (Wildman–Crippen MR) is 66.7 cm³/mol. The Labute approximate surface area is 110 Å². The standard InChI is InChI=1S/C12H17N3O4/c1-8-5-10(19-14-8)13-9(16)6-15-4-3-12(2,7-15)11(17)18/h5H,3-4,6-7H2,1-2H3,(H,13,16)(H,17,18). The molecular weight excluding hydrogens is 250 g/mol. The van der Waals surface area contributed by atoms with Crippen molar-refractivity contribution in [3.8, 4) is 0 Å². The lowest BCUT2D eigenvalue weighted by Gasteiger charge is -2.19. The van der Waals surface area contributed by atoms with Crippen molar-refractivity contribution >= 4 is 17.8 Å². The Morgan fingerprint density at radius 1 is 1.63 bits per heavy atom. The number of carboxylic acids is 1. The van der Waals surface area contributed by atoms with Gasteiger partial charge in [0.2, 0.25) is 11.8 Å². The lowest BCUT2D eigenvalue weighted by molar-refractivity contribution is -0.147. The monoisotopic (exact) mass is 267 g/mol. The summed E-state index contributed by atoms with van der Waals surface area (Å²) in [5.74, 6) is -0.741. The first-order valence-electron chi connectivity index (χ1n) is 6.08. The van der Waals surface area contributed by atoms with Crippen LogP contribution >= 0.6 is 0 Å². The molecule has 7 nitrogen and oxygen atoms in total. The number of aliphatic carboxylic acids is 1. The molecule has 1 aliphatic rings. The van der Waals surface area contributed by atoms with E-state index in [0.717, 1.165) is 0 Å². The second-order valence-electron chi connectivity index (χ2n) is 5.21. The number of anilines is 1. The minimum Gasteiger partial charge on any atom is -0.481 e. The molecular formula is C12H17N3O4. The second kappa shape index (κ2) is 5.00. The molecule has 1 unspecified atom stereocenters. The van der Waals surface area contributed by atoms with Crippen molar-refractivity contribution in [2.75, 3.05) is 25.0 Å². The van der Waals surface area contributed by atoms with Gasteiger partial charge in [-0.2, -0.15) is 0 Å². The fourth-order valence-corrected chi connectivity index (χ4v) is 2.17. The molecule has 1 fully saturated rings. The number of carbonyl (C=O) groups excluding carboxylic acids is 1. The van der Waals surface area contributed by atoms with Gasteiger partial charge < -0.3 is 9.63 Å². The van der Waals surface area contributed by atoms with E-state index >= 15 is 0 Å². The van der Waals surface area contributed by atoms with Crippen LogP contribution in [-0.4, -0.2) is 46.7 Å². The number of nitrogens with zero attached hydrogens (tertiary/aromatic N) is 2. The number of carbonyl (C=O) groups is 2. The molecule has 1 aromatic heterocycles. The van der Waals surface area contributed by atoms with E-state index < -0.39 is 11.4 Å². The largest absolute Gasteiger partial charge is 0.481 e. The van der Waals surface area contributed by atoms with Crippen molar-refractivity contribution < 1.29 is 19.2 Å². The van der Waals surface area contributed by atoms with Gasteiger partial charge >= 0.3 is 5.97 Å². The summed E-state index contributed by atoms with van der Waals surface area (Å²) in [5, 5.41) is 15.4. The number of hydrogen-bond donors (Lipinski definition) is 2. The molecule has 1 atom stereocenters. The van der Waals surface area contributed by atoms with Gasteiger partial charge in [0.05, 0.1) is 17.7 Å². The molecule has 104 valence electrons. The molecule has 1 amide bonds. The number of likely N-dealkylation sites (tertiary alicyclic amines) is 1. The van der Waals surface area contributed by atoms with Crippen LogP contribution in [0.5, 0.6) is 0 Å². The minimum absolute atomic E-state index is 0.155. The van der Waals surface area contributed by atoms with Crippen LogP contribution in [0.3, 0.4) is 0 Å². The molecule has 1 saturated heterocycles. The van der Waals surface area contributed by atoms with Crippen molar-refractivity contribution in [3.05, 3.63) is 11.8 Å².